The summed E-state index contributed by atoms with van der Waals surface area (Å²) < 4.78 is 6.31. The third kappa shape index (κ3) is 5.00. The molecule has 2 rings (SSSR count). The van der Waals surface area contributed by atoms with Gasteiger partial charge < -0.3 is 10.1 Å². The van der Waals surface area contributed by atoms with E-state index < -0.39 is 0 Å². The van der Waals surface area contributed by atoms with Gasteiger partial charge in [-0.3, -0.25) is 0 Å². The fourth-order valence-electron chi connectivity index (χ4n) is 2.37. The molecule has 21 heavy (non-hydrogen) atoms. The summed E-state index contributed by atoms with van der Waals surface area (Å²) in [5.74, 6) is 0. The van der Waals surface area contributed by atoms with Crippen LogP contribution in [-0.2, 0) is 4.74 Å². The van der Waals surface area contributed by atoms with Crippen molar-refractivity contribution in [2.24, 2.45) is 0 Å². The Morgan fingerprint density at radius 2 is 1.48 bits per heavy atom. The van der Waals surface area contributed by atoms with Crippen molar-refractivity contribution in [3.63, 3.8) is 0 Å². The zero-order chi connectivity index (χ0) is 14.9. The predicted octanol–water partition coefficient (Wildman–Crippen LogP) is 4.51. The van der Waals surface area contributed by atoms with Gasteiger partial charge in [0.25, 0.3) is 0 Å². The lowest BCUT2D eigenvalue weighted by Crippen LogP contribution is -2.24. The molecule has 2 nitrogen and oxygen atoms in total. The second kappa shape index (κ2) is 8.60. The van der Waals surface area contributed by atoms with E-state index in [-0.39, 0.29) is 12.2 Å². The smallest absolute Gasteiger partial charge is 0.0957 e. The Morgan fingerprint density at radius 3 is 2.05 bits per heavy atom. The molecule has 2 aromatic rings. The van der Waals surface area contributed by atoms with Crippen LogP contribution in [-0.4, -0.2) is 13.1 Å². The van der Waals surface area contributed by atoms with Crippen LogP contribution in [0.3, 0.4) is 0 Å². The molecule has 0 bridgehead atoms. The highest BCUT2D eigenvalue weighted by Gasteiger charge is 2.16. The molecule has 2 unspecified atom stereocenters. The number of nitrogens with one attached hydrogen (secondary N) is 1. The third-order valence-electron chi connectivity index (χ3n) is 3.57. The normalized spacial score (nSPS) is 13.8. The minimum absolute atomic E-state index is 0.0768. The zero-order valence-electron chi connectivity index (χ0n) is 13.0. The van der Waals surface area contributed by atoms with Crippen LogP contribution >= 0.6 is 0 Å². The van der Waals surface area contributed by atoms with Gasteiger partial charge in [-0.2, -0.15) is 0 Å². The van der Waals surface area contributed by atoms with E-state index in [1.807, 2.05) is 12.1 Å². The largest absolute Gasteiger partial charge is 0.365 e. The Kier molecular flexibility index (Phi) is 6.45. The molecule has 1 N–H and O–H groups in total. The van der Waals surface area contributed by atoms with Gasteiger partial charge in [0.1, 0.15) is 0 Å². The Labute approximate surface area is 128 Å². The van der Waals surface area contributed by atoms with Crippen LogP contribution in [0.1, 0.15) is 43.6 Å². The summed E-state index contributed by atoms with van der Waals surface area (Å²) in [5.41, 5.74) is 2.44. The Morgan fingerprint density at radius 1 is 0.905 bits per heavy atom. The second-order valence-corrected chi connectivity index (χ2v) is 5.29. The van der Waals surface area contributed by atoms with Gasteiger partial charge in [-0.15, -0.1) is 0 Å². The number of benzene rings is 2. The maximum atomic E-state index is 6.31. The third-order valence-corrected chi connectivity index (χ3v) is 3.57. The lowest BCUT2D eigenvalue weighted by Gasteiger charge is -2.23. The van der Waals surface area contributed by atoms with Crippen molar-refractivity contribution in [2.45, 2.75) is 32.5 Å². The van der Waals surface area contributed by atoms with Crippen LogP contribution in [0.25, 0.3) is 0 Å². The lowest BCUT2D eigenvalue weighted by molar-refractivity contribution is -0.00425. The van der Waals surface area contributed by atoms with E-state index in [9.17, 15) is 0 Å². The van der Waals surface area contributed by atoms with Gasteiger partial charge in [0, 0.05) is 6.54 Å². The van der Waals surface area contributed by atoms with E-state index in [0.29, 0.717) is 0 Å². The first-order chi connectivity index (χ1) is 10.3. The average molecular weight is 283 g/mol. The molecular formula is C19H25NO. The number of hydrogen-bond donors (Lipinski definition) is 1. The topological polar surface area (TPSA) is 21.3 Å². The van der Waals surface area contributed by atoms with Crippen molar-refractivity contribution < 1.29 is 4.74 Å². The van der Waals surface area contributed by atoms with Crippen molar-refractivity contribution in [3.05, 3.63) is 71.8 Å². The molecule has 0 aliphatic carbocycles. The standard InChI is InChI=1S/C19H25NO/c1-3-14-20-15-19(18-12-8-5-9-13-18)21-16(2)17-10-6-4-7-11-17/h4-13,16,19-20H,3,14-15H2,1-2H3. The molecule has 0 fully saturated rings. The minimum atomic E-state index is 0.0768. The van der Waals surface area contributed by atoms with Crippen LogP contribution < -0.4 is 5.32 Å². The number of rotatable bonds is 8. The Bertz CT molecular complexity index is 497. The first-order valence-electron chi connectivity index (χ1n) is 7.77. The van der Waals surface area contributed by atoms with Gasteiger partial charge in [-0.25, -0.2) is 0 Å². The fourth-order valence-corrected chi connectivity index (χ4v) is 2.37. The van der Waals surface area contributed by atoms with Gasteiger partial charge >= 0.3 is 0 Å². The Hall–Kier alpha value is -1.64. The van der Waals surface area contributed by atoms with E-state index in [2.05, 4.69) is 67.7 Å². The molecule has 2 atom stereocenters. The highest BCUT2D eigenvalue weighted by atomic mass is 16.5. The molecule has 0 heterocycles. The van der Waals surface area contributed by atoms with Gasteiger partial charge in [0.15, 0.2) is 0 Å². The van der Waals surface area contributed by atoms with Crippen molar-refractivity contribution in [1.29, 1.82) is 0 Å². The SMILES string of the molecule is CCCNCC(OC(C)c1ccccc1)c1ccccc1. The highest BCUT2D eigenvalue weighted by molar-refractivity contribution is 5.20. The lowest BCUT2D eigenvalue weighted by atomic mass is 10.1. The maximum absolute atomic E-state index is 6.31. The molecule has 0 radical (unpaired) electrons. The van der Waals surface area contributed by atoms with E-state index >= 15 is 0 Å². The minimum Gasteiger partial charge on any atom is -0.365 e. The number of hydrogen-bond acceptors (Lipinski definition) is 2. The average Bonchev–Trinajstić information content (AvgIpc) is 2.55. The summed E-state index contributed by atoms with van der Waals surface area (Å²) in [6, 6.07) is 20.8. The van der Waals surface area contributed by atoms with Crippen LogP contribution in [0, 0.1) is 0 Å². The van der Waals surface area contributed by atoms with E-state index in [4.69, 9.17) is 4.74 Å². The molecule has 0 aliphatic heterocycles. The molecular weight excluding hydrogens is 258 g/mol. The van der Waals surface area contributed by atoms with Crippen LogP contribution in [0.15, 0.2) is 60.7 Å². The number of ether oxygens (including phenoxy) is 1. The predicted molar refractivity (Wildman–Crippen MR) is 88.3 cm³/mol. The van der Waals surface area contributed by atoms with Crippen molar-refractivity contribution in [1.82, 2.24) is 5.32 Å². The van der Waals surface area contributed by atoms with E-state index in [1.54, 1.807) is 0 Å². The van der Waals surface area contributed by atoms with Crippen molar-refractivity contribution in [2.75, 3.05) is 13.1 Å². The van der Waals surface area contributed by atoms with Crippen LogP contribution in [0.5, 0.6) is 0 Å². The van der Waals surface area contributed by atoms with Gasteiger partial charge in [0.2, 0.25) is 0 Å². The van der Waals surface area contributed by atoms with Crippen molar-refractivity contribution in [3.8, 4) is 0 Å². The quantitative estimate of drug-likeness (QED) is 0.720. The highest BCUT2D eigenvalue weighted by Crippen LogP contribution is 2.26. The summed E-state index contributed by atoms with van der Waals surface area (Å²) >= 11 is 0. The molecule has 0 saturated heterocycles. The molecule has 112 valence electrons. The summed E-state index contributed by atoms with van der Waals surface area (Å²) in [6.45, 7) is 6.16. The van der Waals surface area contributed by atoms with E-state index in [0.717, 1.165) is 19.5 Å². The first kappa shape index (κ1) is 15.7. The molecule has 0 aliphatic rings. The molecule has 0 aromatic heterocycles. The maximum Gasteiger partial charge on any atom is 0.0957 e. The van der Waals surface area contributed by atoms with Crippen LogP contribution in [0.4, 0.5) is 0 Å². The van der Waals surface area contributed by atoms with Gasteiger partial charge in [-0.05, 0) is 31.0 Å². The molecule has 0 amide bonds. The Balaban J connectivity index is 2.05. The molecule has 2 aromatic carbocycles. The summed E-state index contributed by atoms with van der Waals surface area (Å²) in [5, 5.41) is 3.47. The fraction of sp³-hybridized carbons (Fsp3) is 0.368. The van der Waals surface area contributed by atoms with E-state index in [1.165, 1.54) is 11.1 Å². The molecule has 2 heteroatoms. The summed E-state index contributed by atoms with van der Waals surface area (Å²) in [4.78, 5) is 0. The summed E-state index contributed by atoms with van der Waals surface area (Å²) in [7, 11) is 0. The van der Waals surface area contributed by atoms with Crippen molar-refractivity contribution >= 4 is 0 Å². The second-order valence-electron chi connectivity index (χ2n) is 5.29. The van der Waals surface area contributed by atoms with Gasteiger partial charge in [-0.1, -0.05) is 67.6 Å². The molecule has 0 saturated carbocycles. The van der Waals surface area contributed by atoms with Gasteiger partial charge in [0.05, 0.1) is 12.2 Å². The monoisotopic (exact) mass is 283 g/mol. The van der Waals surface area contributed by atoms with Crippen LogP contribution in [0.2, 0.25) is 0 Å². The zero-order valence-corrected chi connectivity index (χ0v) is 13.0. The summed E-state index contributed by atoms with van der Waals surface area (Å²) in [6.07, 6.45) is 1.29. The molecule has 0 spiro atoms. The first-order valence-corrected chi connectivity index (χ1v) is 7.77.